The molecule has 0 N–H and O–H groups in total. The summed E-state index contributed by atoms with van der Waals surface area (Å²) in [5, 5.41) is 0. The first-order valence-corrected chi connectivity index (χ1v) is 15.3. The molecular weight excluding hydrogens is 552 g/mol. The van der Waals surface area contributed by atoms with Gasteiger partial charge in [-0.3, -0.25) is 9.13 Å². The highest BCUT2D eigenvalue weighted by atomic mass is 16.1. The van der Waals surface area contributed by atoms with Crippen LogP contribution < -0.4 is 5.69 Å². The van der Waals surface area contributed by atoms with Crippen molar-refractivity contribution in [3.05, 3.63) is 143 Å². The third-order valence-electron chi connectivity index (χ3n) is 9.42. The number of fused-ring (bicyclic) bond motifs is 4. The van der Waals surface area contributed by atoms with Gasteiger partial charge in [0, 0.05) is 36.2 Å². The molecule has 0 aliphatic heterocycles. The third kappa shape index (κ3) is 4.26. The third-order valence-corrected chi connectivity index (χ3v) is 9.42. The molecule has 7 aromatic rings. The molecule has 5 nitrogen and oxygen atoms in total. The lowest BCUT2D eigenvalue weighted by Gasteiger charge is -2.22. The lowest BCUT2D eigenvalue weighted by Crippen LogP contribution is -2.19. The molecule has 1 aliphatic carbocycles. The highest BCUT2D eigenvalue weighted by Gasteiger charge is 2.35. The molecule has 218 valence electrons. The lowest BCUT2D eigenvalue weighted by atomic mass is 9.82. The highest BCUT2D eigenvalue weighted by molar-refractivity contribution is 5.85. The average Bonchev–Trinajstić information content (AvgIpc) is 3.45. The molecular formula is C40H32N4O. The number of aromatic nitrogens is 4. The average molecular weight is 585 g/mol. The summed E-state index contributed by atoms with van der Waals surface area (Å²) in [7, 11) is 3.62. The normalized spacial score (nSPS) is 13.2. The van der Waals surface area contributed by atoms with E-state index in [0.717, 1.165) is 50.2 Å². The van der Waals surface area contributed by atoms with Crippen LogP contribution >= 0.6 is 0 Å². The topological polar surface area (TPSA) is 52.7 Å². The molecule has 5 aromatic carbocycles. The van der Waals surface area contributed by atoms with Crippen LogP contribution in [0.4, 0.5) is 0 Å². The molecule has 0 radical (unpaired) electrons. The number of nitrogens with zero attached hydrogens (tertiary/aromatic N) is 4. The smallest absolute Gasteiger partial charge is 0.295 e. The molecule has 0 unspecified atom stereocenters. The molecule has 0 bridgehead atoms. The van der Waals surface area contributed by atoms with Crippen molar-refractivity contribution in [2.75, 3.05) is 0 Å². The largest absolute Gasteiger partial charge is 0.328 e. The number of hydrogen-bond acceptors (Lipinski definition) is 3. The van der Waals surface area contributed by atoms with Gasteiger partial charge in [0.15, 0.2) is 5.82 Å². The van der Waals surface area contributed by atoms with Gasteiger partial charge in [-0.1, -0.05) is 111 Å². The van der Waals surface area contributed by atoms with Gasteiger partial charge in [-0.05, 0) is 57.6 Å². The SMILES string of the molecule is Cn1c(=O)n(C)c2cc(-c3ccc(-c4cc(-c5ccc6c(c5)C(C)(C)c5ccccc5-6)nc(-c5ccccc5)n4)cc3)ccc21. The molecule has 0 saturated carbocycles. The molecule has 0 atom stereocenters. The summed E-state index contributed by atoms with van der Waals surface area (Å²) in [4.78, 5) is 22.6. The van der Waals surface area contributed by atoms with Gasteiger partial charge in [0.1, 0.15) is 0 Å². The molecule has 0 spiro atoms. The fraction of sp³-hybridized carbons (Fsp3) is 0.125. The Morgan fingerprint density at radius 3 is 1.89 bits per heavy atom. The van der Waals surface area contributed by atoms with E-state index in [9.17, 15) is 4.79 Å². The van der Waals surface area contributed by atoms with Crippen LogP contribution in [0.1, 0.15) is 25.0 Å². The maximum atomic E-state index is 12.5. The number of hydrogen-bond donors (Lipinski definition) is 0. The second-order valence-corrected chi connectivity index (χ2v) is 12.4. The van der Waals surface area contributed by atoms with Crippen LogP contribution in [0.15, 0.2) is 126 Å². The molecule has 45 heavy (non-hydrogen) atoms. The Bertz CT molecular complexity index is 2330. The minimum absolute atomic E-state index is 0.0252. The fourth-order valence-electron chi connectivity index (χ4n) is 6.84. The summed E-state index contributed by atoms with van der Waals surface area (Å²) >= 11 is 0. The minimum Gasteiger partial charge on any atom is -0.295 e. The van der Waals surface area contributed by atoms with E-state index in [-0.39, 0.29) is 11.1 Å². The first kappa shape index (κ1) is 27.0. The summed E-state index contributed by atoms with van der Waals surface area (Å²) in [6.45, 7) is 4.61. The van der Waals surface area contributed by atoms with E-state index >= 15 is 0 Å². The molecule has 1 aliphatic rings. The number of rotatable bonds is 4. The van der Waals surface area contributed by atoms with Gasteiger partial charge in [-0.15, -0.1) is 0 Å². The van der Waals surface area contributed by atoms with Gasteiger partial charge >= 0.3 is 5.69 Å². The van der Waals surface area contributed by atoms with Crippen LogP contribution in [0, 0.1) is 0 Å². The summed E-state index contributed by atoms with van der Waals surface area (Å²) in [5.74, 6) is 0.700. The minimum atomic E-state index is -0.0923. The number of imidazole rings is 1. The predicted octanol–water partition coefficient (Wildman–Crippen LogP) is 8.64. The molecule has 2 heterocycles. The Labute approximate surface area is 262 Å². The zero-order valence-electron chi connectivity index (χ0n) is 25.7. The van der Waals surface area contributed by atoms with Crippen molar-refractivity contribution in [2.45, 2.75) is 19.3 Å². The van der Waals surface area contributed by atoms with Crippen LogP contribution in [0.5, 0.6) is 0 Å². The second kappa shape index (κ2) is 10.00. The van der Waals surface area contributed by atoms with Crippen molar-refractivity contribution < 1.29 is 0 Å². The second-order valence-electron chi connectivity index (χ2n) is 12.4. The van der Waals surface area contributed by atoms with Crippen LogP contribution in [-0.4, -0.2) is 19.1 Å². The van der Waals surface area contributed by atoms with Crippen LogP contribution in [0.3, 0.4) is 0 Å². The van der Waals surface area contributed by atoms with Crippen LogP contribution in [0.25, 0.3) is 67.2 Å². The molecule has 0 fully saturated rings. The lowest BCUT2D eigenvalue weighted by molar-refractivity contribution is 0.660. The summed E-state index contributed by atoms with van der Waals surface area (Å²) in [6.07, 6.45) is 0. The first-order valence-electron chi connectivity index (χ1n) is 15.3. The first-order chi connectivity index (χ1) is 21.8. The van der Waals surface area contributed by atoms with Crippen molar-refractivity contribution in [3.8, 4) is 56.2 Å². The Morgan fingerprint density at radius 2 is 1.11 bits per heavy atom. The number of benzene rings is 5. The molecule has 8 rings (SSSR count). The van der Waals surface area contributed by atoms with Crippen molar-refractivity contribution in [1.82, 2.24) is 19.1 Å². The van der Waals surface area contributed by atoms with Gasteiger partial charge in [0.2, 0.25) is 0 Å². The monoisotopic (exact) mass is 584 g/mol. The van der Waals surface area contributed by atoms with E-state index in [0.29, 0.717) is 5.82 Å². The van der Waals surface area contributed by atoms with E-state index in [1.165, 1.54) is 22.3 Å². The van der Waals surface area contributed by atoms with Gasteiger partial charge < -0.3 is 0 Å². The van der Waals surface area contributed by atoms with Crippen molar-refractivity contribution in [2.24, 2.45) is 14.1 Å². The standard InChI is InChI=1S/C40H32N4O/c1-40(2)32-13-9-8-12-30(32)31-20-18-29(22-33(31)40)35-24-34(41-38(42-35)27-10-6-5-7-11-27)26-16-14-25(15-17-26)28-19-21-36-37(23-28)44(4)39(45)43(36)3/h5-24H,1-4H3. The van der Waals surface area contributed by atoms with Crippen molar-refractivity contribution in [3.63, 3.8) is 0 Å². The molecule has 0 saturated heterocycles. The van der Waals surface area contributed by atoms with Crippen molar-refractivity contribution >= 4 is 11.0 Å². The van der Waals surface area contributed by atoms with Crippen LogP contribution in [-0.2, 0) is 19.5 Å². The fourth-order valence-corrected chi connectivity index (χ4v) is 6.84. The zero-order chi connectivity index (χ0) is 30.9. The summed E-state index contributed by atoms with van der Waals surface area (Å²) in [6, 6.07) is 42.4. The molecule has 0 amide bonds. The number of aryl methyl sites for hydroxylation is 2. The quantitative estimate of drug-likeness (QED) is 0.208. The van der Waals surface area contributed by atoms with Gasteiger partial charge in [-0.2, -0.15) is 0 Å². The predicted molar refractivity (Wildman–Crippen MR) is 183 cm³/mol. The highest BCUT2D eigenvalue weighted by Crippen LogP contribution is 2.49. The van der Waals surface area contributed by atoms with E-state index in [1.807, 2.05) is 31.3 Å². The maximum Gasteiger partial charge on any atom is 0.328 e. The van der Waals surface area contributed by atoms with Gasteiger partial charge in [-0.25, -0.2) is 14.8 Å². The zero-order valence-corrected chi connectivity index (χ0v) is 25.7. The summed E-state index contributed by atoms with van der Waals surface area (Å²) in [5.41, 5.74) is 14.0. The van der Waals surface area contributed by atoms with Crippen LogP contribution in [0.2, 0.25) is 0 Å². The van der Waals surface area contributed by atoms with E-state index < -0.39 is 0 Å². The van der Waals surface area contributed by atoms with Crippen molar-refractivity contribution in [1.29, 1.82) is 0 Å². The maximum absolute atomic E-state index is 12.5. The van der Waals surface area contributed by atoms with Gasteiger partial charge in [0.05, 0.1) is 22.4 Å². The Kier molecular flexibility index (Phi) is 6.00. The Hall–Kier alpha value is -5.55. The Morgan fingerprint density at radius 1 is 0.511 bits per heavy atom. The van der Waals surface area contributed by atoms with Gasteiger partial charge in [0.25, 0.3) is 0 Å². The Balaban J connectivity index is 1.22. The summed E-state index contributed by atoms with van der Waals surface area (Å²) < 4.78 is 3.37. The van der Waals surface area contributed by atoms with E-state index in [1.54, 1.807) is 16.2 Å². The molecule has 5 heteroatoms. The van der Waals surface area contributed by atoms with E-state index in [4.69, 9.17) is 9.97 Å². The van der Waals surface area contributed by atoms with E-state index in [2.05, 4.69) is 111 Å². The molecule has 2 aromatic heterocycles.